The van der Waals surface area contributed by atoms with E-state index in [0.717, 1.165) is 29.9 Å². The zero-order valence-corrected chi connectivity index (χ0v) is 18.4. The number of Topliss-reactive ketones (excluding diaryl/α,β-unsaturated/α-hetero) is 1. The normalized spacial score (nSPS) is 11.6. The maximum Gasteiger partial charge on any atom is 0.221 e. The van der Waals surface area contributed by atoms with Crippen molar-refractivity contribution >= 4 is 28.6 Å². The number of aliphatic imine (C=N–C) groups is 1. The number of ketones is 1. The first-order valence-electron chi connectivity index (χ1n) is 10.3. The number of carbonyl (C=O) groups is 1. The smallest absolute Gasteiger partial charge is 0.221 e. The number of anilines is 1. The fraction of sp³-hybridized carbons (Fsp3) is 0.348. The molecule has 0 unspecified atom stereocenters. The molecule has 0 bridgehead atoms. The molecule has 3 aromatic heterocycles. The monoisotopic (exact) mass is 423 g/mol. The molecule has 3 rings (SSSR count). The van der Waals surface area contributed by atoms with Crippen LogP contribution in [0.1, 0.15) is 47.0 Å². The molecule has 3 aromatic rings. The Morgan fingerprint density at radius 2 is 2.13 bits per heavy atom. The molecule has 158 valence electrons. The highest BCUT2D eigenvalue weighted by molar-refractivity contribution is 7.13. The van der Waals surface area contributed by atoms with Gasteiger partial charge in [0.2, 0.25) is 5.78 Å². The third kappa shape index (κ3) is 5.64. The molecule has 2 N–H and O–H groups in total. The molecule has 6 nitrogen and oxygen atoms in total. The van der Waals surface area contributed by atoms with Crippen LogP contribution in [0.5, 0.6) is 0 Å². The van der Waals surface area contributed by atoms with Crippen molar-refractivity contribution in [3.63, 3.8) is 0 Å². The van der Waals surface area contributed by atoms with Crippen LogP contribution in [0.25, 0.3) is 0 Å². The number of unbranched alkanes of at least 4 members (excludes halogenated alkanes) is 2. The average molecular weight is 424 g/mol. The number of aryl methyl sites for hydroxylation is 1. The fourth-order valence-corrected chi connectivity index (χ4v) is 3.97. The van der Waals surface area contributed by atoms with Crippen molar-refractivity contribution < 1.29 is 4.79 Å². The van der Waals surface area contributed by atoms with E-state index in [4.69, 9.17) is 0 Å². The van der Waals surface area contributed by atoms with Gasteiger partial charge in [-0.25, -0.2) is 0 Å². The van der Waals surface area contributed by atoms with Gasteiger partial charge < -0.3 is 9.88 Å². The van der Waals surface area contributed by atoms with Crippen molar-refractivity contribution in [3.05, 3.63) is 70.3 Å². The number of hydrogen-bond acceptors (Lipinski definition) is 6. The van der Waals surface area contributed by atoms with Crippen LogP contribution in [0.3, 0.4) is 0 Å². The van der Waals surface area contributed by atoms with E-state index in [0.29, 0.717) is 23.8 Å². The molecule has 0 radical (unpaired) electrons. The summed E-state index contributed by atoms with van der Waals surface area (Å²) in [4.78, 5) is 22.7. The van der Waals surface area contributed by atoms with Crippen molar-refractivity contribution in [1.82, 2.24) is 14.9 Å². The maximum absolute atomic E-state index is 13.2. The SMILES string of the molecule is CCCCCn1ccc(/C(=N\CNCc2cccnc2)C(=O)c2cccs2)c1NC. The van der Waals surface area contributed by atoms with E-state index in [-0.39, 0.29) is 5.78 Å². The molecule has 3 heterocycles. The van der Waals surface area contributed by atoms with Crippen molar-refractivity contribution in [2.45, 2.75) is 39.3 Å². The lowest BCUT2D eigenvalue weighted by Crippen LogP contribution is -2.21. The van der Waals surface area contributed by atoms with E-state index in [9.17, 15) is 4.79 Å². The van der Waals surface area contributed by atoms with Crippen LogP contribution in [0.2, 0.25) is 0 Å². The first-order chi connectivity index (χ1) is 14.7. The molecular formula is C23H29N5OS. The lowest BCUT2D eigenvalue weighted by atomic mass is 10.1. The van der Waals surface area contributed by atoms with E-state index in [1.54, 1.807) is 6.20 Å². The quantitative estimate of drug-likeness (QED) is 0.254. The van der Waals surface area contributed by atoms with Crippen molar-refractivity contribution in [2.24, 2.45) is 4.99 Å². The van der Waals surface area contributed by atoms with Gasteiger partial charge in [-0.1, -0.05) is 31.9 Å². The largest absolute Gasteiger partial charge is 0.374 e. The van der Waals surface area contributed by atoms with Crippen molar-refractivity contribution in [2.75, 3.05) is 19.0 Å². The predicted octanol–water partition coefficient (Wildman–Crippen LogP) is 4.60. The summed E-state index contributed by atoms with van der Waals surface area (Å²) < 4.78 is 2.17. The van der Waals surface area contributed by atoms with Crippen molar-refractivity contribution in [3.8, 4) is 0 Å². The van der Waals surface area contributed by atoms with Crippen LogP contribution in [0.15, 0.2) is 59.3 Å². The van der Waals surface area contributed by atoms with Crippen LogP contribution in [-0.4, -0.2) is 34.8 Å². The number of thiophene rings is 1. The first kappa shape index (κ1) is 21.9. The van der Waals surface area contributed by atoms with Gasteiger partial charge in [0.1, 0.15) is 11.5 Å². The lowest BCUT2D eigenvalue weighted by Gasteiger charge is -2.12. The van der Waals surface area contributed by atoms with Gasteiger partial charge in [0.15, 0.2) is 0 Å². The molecule has 0 aromatic carbocycles. The highest BCUT2D eigenvalue weighted by Crippen LogP contribution is 2.22. The molecule has 7 heteroatoms. The number of nitrogens with one attached hydrogen (secondary N) is 2. The average Bonchev–Trinajstić information content (AvgIpc) is 3.44. The van der Waals surface area contributed by atoms with Crippen molar-refractivity contribution in [1.29, 1.82) is 0 Å². The minimum absolute atomic E-state index is 0.0454. The van der Waals surface area contributed by atoms with Gasteiger partial charge >= 0.3 is 0 Å². The molecule has 0 aliphatic heterocycles. The Morgan fingerprint density at radius 3 is 2.83 bits per heavy atom. The Labute approximate surface area is 182 Å². The van der Waals surface area contributed by atoms with Gasteiger partial charge in [-0.15, -0.1) is 11.3 Å². The van der Waals surface area contributed by atoms with E-state index in [1.807, 2.05) is 55.2 Å². The Balaban J connectivity index is 1.81. The van der Waals surface area contributed by atoms with E-state index in [1.165, 1.54) is 24.2 Å². The van der Waals surface area contributed by atoms with E-state index in [2.05, 4.69) is 32.1 Å². The third-order valence-electron chi connectivity index (χ3n) is 4.82. The molecule has 30 heavy (non-hydrogen) atoms. The maximum atomic E-state index is 13.2. The zero-order valence-electron chi connectivity index (χ0n) is 17.6. The number of carbonyl (C=O) groups excluding carboxylic acids is 1. The summed E-state index contributed by atoms with van der Waals surface area (Å²) in [6.45, 7) is 4.12. The molecule has 0 saturated carbocycles. The third-order valence-corrected chi connectivity index (χ3v) is 5.69. The number of rotatable bonds is 12. The minimum Gasteiger partial charge on any atom is -0.374 e. The summed E-state index contributed by atoms with van der Waals surface area (Å²) >= 11 is 1.44. The Bertz CT molecular complexity index is 947. The molecular weight excluding hydrogens is 394 g/mol. The number of nitrogens with zero attached hydrogens (tertiary/aromatic N) is 3. The van der Waals surface area contributed by atoms with Crippen LogP contribution in [0.4, 0.5) is 5.82 Å². The van der Waals surface area contributed by atoms with Crippen LogP contribution < -0.4 is 10.6 Å². The molecule has 0 saturated heterocycles. The topological polar surface area (TPSA) is 71.3 Å². The number of aromatic nitrogens is 2. The summed E-state index contributed by atoms with van der Waals surface area (Å²) in [5, 5.41) is 8.47. The second-order valence-electron chi connectivity index (χ2n) is 6.99. The summed E-state index contributed by atoms with van der Waals surface area (Å²) in [7, 11) is 1.89. The molecule has 0 fully saturated rings. The minimum atomic E-state index is -0.0454. The lowest BCUT2D eigenvalue weighted by molar-refractivity contribution is 0.106. The van der Waals surface area contributed by atoms with Gasteiger partial charge in [0.25, 0.3) is 0 Å². The van der Waals surface area contributed by atoms with Crippen LogP contribution >= 0.6 is 11.3 Å². The highest BCUT2D eigenvalue weighted by Gasteiger charge is 2.22. The predicted molar refractivity (Wildman–Crippen MR) is 125 cm³/mol. The Hall–Kier alpha value is -2.77. The van der Waals surface area contributed by atoms with Gasteiger partial charge in [-0.2, -0.15) is 0 Å². The Kier molecular flexibility index (Phi) is 8.35. The van der Waals surface area contributed by atoms with Crippen LogP contribution in [-0.2, 0) is 13.1 Å². The summed E-state index contributed by atoms with van der Waals surface area (Å²) in [5.41, 5.74) is 2.40. The van der Waals surface area contributed by atoms with Gasteiger partial charge in [0.05, 0.1) is 11.5 Å². The zero-order chi connectivity index (χ0) is 21.2. The van der Waals surface area contributed by atoms with E-state index < -0.39 is 0 Å². The second kappa shape index (κ2) is 11.4. The van der Waals surface area contributed by atoms with E-state index >= 15 is 0 Å². The molecule has 0 amide bonds. The summed E-state index contributed by atoms with van der Waals surface area (Å²) in [5.74, 6) is 0.887. The fourth-order valence-electron chi connectivity index (χ4n) is 3.30. The molecule has 0 spiro atoms. The van der Waals surface area contributed by atoms with Gasteiger partial charge in [-0.05, 0) is 35.6 Å². The first-order valence-corrected chi connectivity index (χ1v) is 11.2. The molecule has 0 aliphatic rings. The molecule has 0 atom stereocenters. The van der Waals surface area contributed by atoms with Gasteiger partial charge in [0, 0.05) is 44.3 Å². The van der Waals surface area contributed by atoms with Gasteiger partial charge in [-0.3, -0.25) is 20.1 Å². The summed E-state index contributed by atoms with van der Waals surface area (Å²) in [6, 6.07) is 9.65. The van der Waals surface area contributed by atoms with Crippen LogP contribution in [0, 0.1) is 0 Å². The summed E-state index contributed by atoms with van der Waals surface area (Å²) in [6.07, 6.45) is 9.08. The Morgan fingerprint density at radius 1 is 1.23 bits per heavy atom. The highest BCUT2D eigenvalue weighted by atomic mass is 32.1. The second-order valence-corrected chi connectivity index (χ2v) is 7.94. The number of hydrogen-bond donors (Lipinski definition) is 2. The molecule has 0 aliphatic carbocycles. The standard InChI is InChI=1S/C23H29N5OS/c1-3-4-5-12-28-13-10-19(23(28)24-2)21(22(29)20-9-7-14-30-20)27-17-26-16-18-8-6-11-25-15-18/h6-11,13-15,24,26H,3-5,12,16-17H2,1-2H3/b27-21+. The number of pyridine rings is 1.